The van der Waals surface area contributed by atoms with Crippen LogP contribution in [-0.2, 0) is 15.8 Å². The molecule has 0 amide bonds. The normalized spacial score (nSPS) is 10.9. The topological polar surface area (TPSA) is 82.8 Å². The molecule has 8 heteroatoms. The molecule has 5 nitrogen and oxygen atoms in total. The Kier molecular flexibility index (Phi) is 4.19. The summed E-state index contributed by atoms with van der Waals surface area (Å²) < 4.78 is 27.0. The van der Waals surface area contributed by atoms with E-state index in [2.05, 4.69) is 25.6 Å². The van der Waals surface area contributed by atoms with Crippen molar-refractivity contribution in [3.63, 3.8) is 0 Å². The quantitative estimate of drug-likeness (QED) is 0.911. The van der Waals surface area contributed by atoms with Crippen LogP contribution in [0.1, 0.15) is 11.1 Å². The summed E-state index contributed by atoms with van der Waals surface area (Å²) in [4.78, 5) is 3.91. The summed E-state index contributed by atoms with van der Waals surface area (Å²) in [6.07, 6.45) is 1.53. The molecule has 0 unspecified atom stereocenters. The molecule has 0 aliphatic heterocycles. The lowest BCUT2D eigenvalue weighted by atomic mass is 10.2. The summed E-state index contributed by atoms with van der Waals surface area (Å²) in [5, 5.41) is 8.99. The van der Waals surface area contributed by atoms with Gasteiger partial charge in [0.15, 0.2) is 5.13 Å². The molecule has 0 radical (unpaired) electrons. The van der Waals surface area contributed by atoms with E-state index in [-0.39, 0.29) is 5.75 Å². The van der Waals surface area contributed by atoms with Crippen LogP contribution in [0.4, 0.5) is 5.13 Å². The van der Waals surface area contributed by atoms with Gasteiger partial charge in [-0.05, 0) is 33.6 Å². The minimum atomic E-state index is -3.50. The highest BCUT2D eigenvalue weighted by Crippen LogP contribution is 2.24. The second kappa shape index (κ2) is 5.69. The third-order valence-electron chi connectivity index (χ3n) is 2.16. The number of nitrogens with zero attached hydrogens (tertiary/aromatic N) is 2. The molecule has 2 rings (SSSR count). The molecule has 0 saturated heterocycles. The summed E-state index contributed by atoms with van der Waals surface area (Å²) >= 11 is 4.42. The van der Waals surface area contributed by atoms with E-state index in [1.807, 2.05) is 6.07 Å². The molecule has 19 heavy (non-hydrogen) atoms. The molecule has 0 saturated carbocycles. The molecule has 1 N–H and O–H groups in total. The Balaban J connectivity index is 2.10. The lowest BCUT2D eigenvalue weighted by molar-refractivity contribution is 0.600. The minimum Gasteiger partial charge on any atom is -0.258 e. The van der Waals surface area contributed by atoms with E-state index in [1.54, 1.807) is 24.3 Å². The Morgan fingerprint density at radius 2 is 2.05 bits per heavy atom. The highest BCUT2D eigenvalue weighted by Gasteiger charge is 2.13. The van der Waals surface area contributed by atoms with Crippen LogP contribution >= 0.6 is 27.3 Å². The van der Waals surface area contributed by atoms with Crippen molar-refractivity contribution in [2.45, 2.75) is 5.75 Å². The molecule has 0 bridgehead atoms. The summed E-state index contributed by atoms with van der Waals surface area (Å²) in [5.74, 6) is -0.157. The highest BCUT2D eigenvalue weighted by molar-refractivity contribution is 9.11. The third-order valence-corrected chi connectivity index (χ3v) is 4.90. The summed E-state index contributed by atoms with van der Waals surface area (Å²) in [6.45, 7) is 0. The van der Waals surface area contributed by atoms with Crippen LogP contribution in [0, 0.1) is 11.3 Å². The molecule has 0 fully saturated rings. The number of nitrogens with one attached hydrogen (secondary N) is 1. The van der Waals surface area contributed by atoms with Gasteiger partial charge in [0.05, 0.1) is 27.4 Å². The highest BCUT2D eigenvalue weighted by atomic mass is 79.9. The Hall–Kier alpha value is -1.43. The second-order valence-electron chi connectivity index (χ2n) is 3.64. The first kappa shape index (κ1) is 14.0. The van der Waals surface area contributed by atoms with E-state index in [9.17, 15) is 8.42 Å². The summed E-state index contributed by atoms with van der Waals surface area (Å²) in [7, 11) is -3.50. The monoisotopic (exact) mass is 357 g/mol. The molecule has 1 aromatic heterocycles. The number of benzene rings is 1. The third kappa shape index (κ3) is 4.02. The van der Waals surface area contributed by atoms with Gasteiger partial charge in [0.25, 0.3) is 0 Å². The molecular weight excluding hydrogens is 350 g/mol. The smallest absolute Gasteiger partial charge is 0.238 e. The van der Waals surface area contributed by atoms with E-state index in [0.717, 1.165) is 3.79 Å². The maximum absolute atomic E-state index is 11.9. The van der Waals surface area contributed by atoms with Gasteiger partial charge in [0, 0.05) is 0 Å². The SMILES string of the molecule is N#Cc1ccc(CS(=O)(=O)Nc2ncc(Br)s2)cc1. The molecule has 1 aromatic carbocycles. The number of hydrogen-bond acceptors (Lipinski definition) is 5. The zero-order valence-corrected chi connectivity index (χ0v) is 12.7. The molecule has 1 heterocycles. The fourth-order valence-corrected chi connectivity index (χ4v) is 3.89. The minimum absolute atomic E-state index is 0.157. The zero-order valence-electron chi connectivity index (χ0n) is 9.50. The zero-order chi connectivity index (χ0) is 13.9. The van der Waals surface area contributed by atoms with Crippen LogP contribution in [0.5, 0.6) is 0 Å². The lowest BCUT2D eigenvalue weighted by Crippen LogP contribution is -2.14. The lowest BCUT2D eigenvalue weighted by Gasteiger charge is -2.05. The van der Waals surface area contributed by atoms with E-state index in [1.165, 1.54) is 17.5 Å². The first-order chi connectivity index (χ1) is 8.98. The maximum atomic E-state index is 11.9. The van der Waals surface area contributed by atoms with Crippen LogP contribution in [0.3, 0.4) is 0 Å². The van der Waals surface area contributed by atoms with Gasteiger partial charge in [-0.1, -0.05) is 23.5 Å². The van der Waals surface area contributed by atoms with Gasteiger partial charge < -0.3 is 0 Å². The number of thiazole rings is 1. The van der Waals surface area contributed by atoms with Crippen LogP contribution in [-0.4, -0.2) is 13.4 Å². The predicted molar refractivity (Wildman–Crippen MR) is 77.2 cm³/mol. The summed E-state index contributed by atoms with van der Waals surface area (Å²) in [5.41, 5.74) is 1.11. The molecule has 2 aromatic rings. The number of sulfonamides is 1. The fourth-order valence-electron chi connectivity index (χ4n) is 1.37. The maximum Gasteiger partial charge on any atom is 0.238 e. The van der Waals surface area contributed by atoms with E-state index in [4.69, 9.17) is 5.26 Å². The summed E-state index contributed by atoms with van der Waals surface area (Å²) in [6, 6.07) is 8.40. The Bertz CT molecular complexity index is 717. The van der Waals surface area contributed by atoms with Gasteiger partial charge in [-0.25, -0.2) is 13.4 Å². The average molecular weight is 358 g/mol. The molecule has 0 aliphatic carbocycles. The van der Waals surface area contributed by atoms with E-state index < -0.39 is 10.0 Å². The van der Waals surface area contributed by atoms with Crippen molar-refractivity contribution in [1.29, 1.82) is 5.26 Å². The standard InChI is InChI=1S/C11H8BrN3O2S2/c12-10-6-14-11(18-10)15-19(16,17)7-9-3-1-8(5-13)2-4-9/h1-4,6H,7H2,(H,14,15). The second-order valence-corrected chi connectivity index (χ2v) is 7.77. The average Bonchev–Trinajstić information content (AvgIpc) is 2.74. The predicted octanol–water partition coefficient (Wildman–Crippen LogP) is 2.72. The molecular formula is C11H8BrN3O2S2. The van der Waals surface area contributed by atoms with Gasteiger partial charge in [0.2, 0.25) is 10.0 Å². The van der Waals surface area contributed by atoms with Gasteiger partial charge in [-0.3, -0.25) is 4.72 Å². The van der Waals surface area contributed by atoms with Gasteiger partial charge >= 0.3 is 0 Å². The number of nitriles is 1. The van der Waals surface area contributed by atoms with Crippen molar-refractivity contribution >= 4 is 42.4 Å². The van der Waals surface area contributed by atoms with E-state index in [0.29, 0.717) is 16.3 Å². The number of rotatable bonds is 4. The van der Waals surface area contributed by atoms with Crippen LogP contribution < -0.4 is 4.72 Å². The Morgan fingerprint density at radius 3 is 2.58 bits per heavy atom. The number of halogens is 1. The van der Waals surface area contributed by atoms with Crippen molar-refractivity contribution in [2.75, 3.05) is 4.72 Å². The first-order valence-corrected chi connectivity index (χ1v) is 8.35. The van der Waals surface area contributed by atoms with Crippen molar-refractivity contribution in [2.24, 2.45) is 0 Å². The van der Waals surface area contributed by atoms with Crippen LogP contribution in [0.15, 0.2) is 34.2 Å². The Morgan fingerprint density at radius 1 is 1.37 bits per heavy atom. The molecule has 0 aliphatic rings. The Labute approximate surface area is 123 Å². The van der Waals surface area contributed by atoms with Crippen molar-refractivity contribution in [3.05, 3.63) is 45.4 Å². The van der Waals surface area contributed by atoms with Crippen LogP contribution in [0.25, 0.3) is 0 Å². The molecule has 0 spiro atoms. The van der Waals surface area contributed by atoms with Gasteiger partial charge in [-0.2, -0.15) is 5.26 Å². The molecule has 98 valence electrons. The fraction of sp³-hybridized carbons (Fsp3) is 0.0909. The van der Waals surface area contributed by atoms with Crippen LogP contribution in [0.2, 0.25) is 0 Å². The van der Waals surface area contributed by atoms with Crippen molar-refractivity contribution in [1.82, 2.24) is 4.98 Å². The molecule has 0 atom stereocenters. The van der Waals surface area contributed by atoms with Crippen molar-refractivity contribution in [3.8, 4) is 6.07 Å². The number of aromatic nitrogens is 1. The largest absolute Gasteiger partial charge is 0.258 e. The van der Waals surface area contributed by atoms with Gasteiger partial charge in [-0.15, -0.1) is 0 Å². The van der Waals surface area contributed by atoms with Crippen molar-refractivity contribution < 1.29 is 8.42 Å². The number of hydrogen-bond donors (Lipinski definition) is 1. The first-order valence-electron chi connectivity index (χ1n) is 5.09. The van der Waals surface area contributed by atoms with Gasteiger partial charge in [0.1, 0.15) is 0 Å². The van der Waals surface area contributed by atoms with E-state index >= 15 is 0 Å². The number of anilines is 1.